The van der Waals surface area contributed by atoms with Crippen molar-refractivity contribution < 1.29 is 0 Å². The average molecular weight is 272 g/mol. The minimum absolute atomic E-state index is 0.715. The van der Waals surface area contributed by atoms with E-state index in [1.54, 1.807) is 0 Å². The zero-order chi connectivity index (χ0) is 9.80. The molecule has 1 atom stereocenters. The van der Waals surface area contributed by atoms with Crippen molar-refractivity contribution in [1.29, 1.82) is 0 Å². The van der Waals surface area contributed by atoms with E-state index in [2.05, 4.69) is 45.5 Å². The number of rotatable bonds is 3. The van der Waals surface area contributed by atoms with Gasteiger partial charge in [-0.2, -0.15) is 0 Å². The average Bonchev–Trinajstić information content (AvgIpc) is 2.69. The van der Waals surface area contributed by atoms with Gasteiger partial charge in [0.25, 0.3) is 0 Å². The zero-order valence-electron chi connectivity index (χ0n) is 8.00. The lowest BCUT2D eigenvalue weighted by atomic mass is 10.3. The fraction of sp³-hybridized carbons (Fsp3) is 0.455. The molecule has 76 valence electrons. The van der Waals surface area contributed by atoms with Gasteiger partial charge in [-0.05, 0) is 47.4 Å². The number of hydrogen-bond donors (Lipinski definition) is 1. The maximum atomic E-state index is 3.56. The molecule has 3 heteroatoms. The Kier molecular flexibility index (Phi) is 3.90. The Balaban J connectivity index is 1.88. The Hall–Kier alpha value is 0.01000. The number of benzene rings is 1. The minimum Gasteiger partial charge on any atom is -0.313 e. The van der Waals surface area contributed by atoms with Gasteiger partial charge in [-0.25, -0.2) is 0 Å². The van der Waals surface area contributed by atoms with Crippen LogP contribution in [0.2, 0.25) is 0 Å². The van der Waals surface area contributed by atoms with Gasteiger partial charge in [0.15, 0.2) is 0 Å². The van der Waals surface area contributed by atoms with Gasteiger partial charge in [0, 0.05) is 21.2 Å². The topological polar surface area (TPSA) is 12.0 Å². The molecule has 0 radical (unpaired) electrons. The van der Waals surface area contributed by atoms with E-state index >= 15 is 0 Å². The second-order valence-electron chi connectivity index (χ2n) is 3.53. The second-order valence-corrected chi connectivity index (χ2v) is 5.45. The van der Waals surface area contributed by atoms with Crippen LogP contribution < -0.4 is 5.32 Å². The van der Waals surface area contributed by atoms with Crippen LogP contribution in [-0.4, -0.2) is 18.3 Å². The third-order valence-corrected chi connectivity index (χ3v) is 4.63. The molecule has 14 heavy (non-hydrogen) atoms. The Bertz CT molecular complexity index is 297. The third-order valence-electron chi connectivity index (χ3n) is 2.44. The molecule has 1 aliphatic heterocycles. The first kappa shape index (κ1) is 10.5. The van der Waals surface area contributed by atoms with E-state index < -0.39 is 0 Å². The van der Waals surface area contributed by atoms with Crippen molar-refractivity contribution >= 4 is 27.7 Å². The number of halogens is 1. The van der Waals surface area contributed by atoms with Gasteiger partial charge in [-0.15, -0.1) is 11.8 Å². The predicted molar refractivity (Wildman–Crippen MR) is 65.9 cm³/mol. The SMILES string of the molecule is Brc1ccccc1SC[C@H]1CCCN1. The fourth-order valence-electron chi connectivity index (χ4n) is 1.65. The van der Waals surface area contributed by atoms with Crippen LogP contribution in [-0.2, 0) is 0 Å². The molecule has 1 N–H and O–H groups in total. The molecule has 0 unspecified atom stereocenters. The minimum atomic E-state index is 0.715. The molecule has 1 nitrogen and oxygen atoms in total. The van der Waals surface area contributed by atoms with Crippen LogP contribution in [0, 0.1) is 0 Å². The summed E-state index contributed by atoms with van der Waals surface area (Å²) < 4.78 is 1.21. The Morgan fingerprint density at radius 2 is 2.29 bits per heavy atom. The highest BCUT2D eigenvalue weighted by Crippen LogP contribution is 2.28. The van der Waals surface area contributed by atoms with Crippen molar-refractivity contribution in [1.82, 2.24) is 5.32 Å². The first-order valence-electron chi connectivity index (χ1n) is 4.97. The largest absolute Gasteiger partial charge is 0.313 e. The van der Waals surface area contributed by atoms with E-state index in [0.29, 0.717) is 6.04 Å². The maximum absolute atomic E-state index is 3.56. The van der Waals surface area contributed by atoms with Crippen LogP contribution in [0.3, 0.4) is 0 Å². The highest BCUT2D eigenvalue weighted by molar-refractivity contribution is 9.10. The van der Waals surface area contributed by atoms with Crippen LogP contribution in [0.4, 0.5) is 0 Å². The molecule has 0 saturated carbocycles. The maximum Gasteiger partial charge on any atom is 0.0311 e. The van der Waals surface area contributed by atoms with Crippen molar-refractivity contribution in [3.8, 4) is 0 Å². The van der Waals surface area contributed by atoms with Crippen molar-refractivity contribution in [2.24, 2.45) is 0 Å². The van der Waals surface area contributed by atoms with Gasteiger partial charge in [-0.1, -0.05) is 12.1 Å². The summed E-state index contributed by atoms with van der Waals surface area (Å²) in [6.07, 6.45) is 2.67. The predicted octanol–water partition coefficient (Wildman–Crippen LogP) is 3.29. The third kappa shape index (κ3) is 2.75. The van der Waals surface area contributed by atoms with Gasteiger partial charge < -0.3 is 5.32 Å². The highest BCUT2D eigenvalue weighted by Gasteiger charge is 2.14. The summed E-state index contributed by atoms with van der Waals surface area (Å²) in [5.41, 5.74) is 0. The number of nitrogens with one attached hydrogen (secondary N) is 1. The lowest BCUT2D eigenvalue weighted by Crippen LogP contribution is -2.23. The molecule has 0 aromatic heterocycles. The van der Waals surface area contributed by atoms with Gasteiger partial charge >= 0.3 is 0 Å². The molecular formula is C11H14BrNS. The summed E-state index contributed by atoms with van der Waals surface area (Å²) in [4.78, 5) is 1.35. The Morgan fingerprint density at radius 1 is 1.43 bits per heavy atom. The molecule has 0 amide bonds. The van der Waals surface area contributed by atoms with Crippen LogP contribution >= 0.6 is 27.7 Å². The molecule has 0 bridgehead atoms. The van der Waals surface area contributed by atoms with Crippen molar-refractivity contribution in [2.45, 2.75) is 23.8 Å². The molecule has 1 aromatic carbocycles. The highest BCUT2D eigenvalue weighted by atomic mass is 79.9. The summed E-state index contributed by atoms with van der Waals surface area (Å²) >= 11 is 5.50. The molecule has 0 spiro atoms. The van der Waals surface area contributed by atoms with E-state index in [4.69, 9.17) is 0 Å². The smallest absolute Gasteiger partial charge is 0.0311 e. The lowest BCUT2D eigenvalue weighted by Gasteiger charge is -2.09. The van der Waals surface area contributed by atoms with Crippen molar-refractivity contribution in [3.05, 3.63) is 28.7 Å². The second kappa shape index (κ2) is 5.19. The van der Waals surface area contributed by atoms with E-state index in [9.17, 15) is 0 Å². The Labute approximate surface area is 97.8 Å². The fourth-order valence-corrected chi connectivity index (χ4v) is 3.33. The van der Waals surface area contributed by atoms with Crippen LogP contribution in [0.25, 0.3) is 0 Å². The first-order valence-corrected chi connectivity index (χ1v) is 6.75. The van der Waals surface area contributed by atoms with Gasteiger partial charge in [-0.3, -0.25) is 0 Å². The molecule has 1 aromatic rings. The van der Waals surface area contributed by atoms with E-state index in [0.717, 1.165) is 0 Å². The number of hydrogen-bond acceptors (Lipinski definition) is 2. The van der Waals surface area contributed by atoms with Crippen LogP contribution in [0.15, 0.2) is 33.6 Å². The molecule has 1 aliphatic rings. The van der Waals surface area contributed by atoms with Gasteiger partial charge in [0.05, 0.1) is 0 Å². The van der Waals surface area contributed by atoms with Gasteiger partial charge in [0.2, 0.25) is 0 Å². The standard InChI is InChI=1S/C11H14BrNS/c12-10-5-1-2-6-11(10)14-8-9-4-3-7-13-9/h1-2,5-6,9,13H,3-4,7-8H2/t9-/m1/s1. The van der Waals surface area contributed by atoms with Crippen molar-refractivity contribution in [3.63, 3.8) is 0 Å². The summed E-state index contributed by atoms with van der Waals surface area (Å²) in [6, 6.07) is 9.14. The number of thioether (sulfide) groups is 1. The summed E-state index contributed by atoms with van der Waals surface area (Å²) in [7, 11) is 0. The monoisotopic (exact) mass is 271 g/mol. The zero-order valence-corrected chi connectivity index (χ0v) is 10.4. The summed E-state index contributed by atoms with van der Waals surface area (Å²) in [5.74, 6) is 1.18. The van der Waals surface area contributed by atoms with E-state index in [1.807, 2.05) is 11.8 Å². The van der Waals surface area contributed by atoms with Crippen molar-refractivity contribution in [2.75, 3.05) is 12.3 Å². The molecule has 2 rings (SSSR count). The van der Waals surface area contributed by atoms with E-state index in [1.165, 1.54) is 34.5 Å². The van der Waals surface area contributed by atoms with Crippen LogP contribution in [0.5, 0.6) is 0 Å². The van der Waals surface area contributed by atoms with Crippen LogP contribution in [0.1, 0.15) is 12.8 Å². The molecule has 1 fully saturated rings. The normalized spacial score (nSPS) is 21.4. The quantitative estimate of drug-likeness (QED) is 0.847. The summed E-state index contributed by atoms with van der Waals surface area (Å²) in [6.45, 7) is 1.20. The van der Waals surface area contributed by atoms with E-state index in [-0.39, 0.29) is 0 Å². The molecule has 1 saturated heterocycles. The molecule has 0 aliphatic carbocycles. The lowest BCUT2D eigenvalue weighted by molar-refractivity contribution is 0.674. The molecule has 1 heterocycles. The van der Waals surface area contributed by atoms with Gasteiger partial charge in [0.1, 0.15) is 0 Å². The summed E-state index contributed by atoms with van der Waals surface area (Å²) in [5, 5.41) is 3.51. The first-order chi connectivity index (χ1) is 6.86. The molecular weight excluding hydrogens is 258 g/mol. The Morgan fingerprint density at radius 3 is 3.00 bits per heavy atom.